The predicted molar refractivity (Wildman–Crippen MR) is 208 cm³/mol. The molecule has 0 amide bonds. The Hall–Kier alpha value is -4.72. The van der Waals surface area contributed by atoms with Crippen LogP contribution in [0.4, 0.5) is 0 Å². The van der Waals surface area contributed by atoms with Crippen LogP contribution in [0.3, 0.4) is 0 Å². The Kier molecular flexibility index (Phi) is 15.0. The Bertz CT molecular complexity index is 2160. The monoisotopic (exact) mass is 794 g/mol. The van der Waals surface area contributed by atoms with Crippen LogP contribution in [0.15, 0.2) is 93.1 Å². The molecule has 0 atom stereocenters. The number of pyridine rings is 2. The lowest BCUT2D eigenvalue weighted by atomic mass is 10.1. The summed E-state index contributed by atoms with van der Waals surface area (Å²) in [5.41, 5.74) is 3.56. The zero-order chi connectivity index (χ0) is 36.8. The Morgan fingerprint density at radius 1 is 0.725 bits per heavy atom. The second-order valence-corrected chi connectivity index (χ2v) is 13.3. The van der Waals surface area contributed by atoms with Gasteiger partial charge in [-0.3, -0.25) is 9.59 Å². The van der Waals surface area contributed by atoms with Crippen molar-refractivity contribution in [2.45, 2.75) is 33.2 Å². The van der Waals surface area contributed by atoms with Crippen molar-refractivity contribution in [3.63, 3.8) is 0 Å². The molecule has 4 aromatic heterocycles. The van der Waals surface area contributed by atoms with Gasteiger partial charge in [0.05, 0.1) is 47.9 Å². The third-order valence-corrected chi connectivity index (χ3v) is 9.71. The van der Waals surface area contributed by atoms with Crippen LogP contribution >= 0.6 is 38.6 Å². The highest BCUT2D eigenvalue weighted by Gasteiger charge is 2.25. The molecular formula is C38H39BrN2O8S2. The fourth-order valence-electron chi connectivity index (χ4n) is 5.16. The molecule has 51 heavy (non-hydrogen) atoms. The maximum absolute atomic E-state index is 12.9. The van der Waals surface area contributed by atoms with E-state index in [1.165, 1.54) is 42.5 Å². The van der Waals surface area contributed by atoms with E-state index in [2.05, 4.69) is 45.2 Å². The molecule has 0 aliphatic carbocycles. The molecule has 6 aromatic rings. The smallest absolute Gasteiger partial charge is 0.343 e. The summed E-state index contributed by atoms with van der Waals surface area (Å²) in [5, 5.41) is 4.71. The number of carbonyl (C=O) groups excluding carboxylic acids is 2. The number of hydrogen-bond donors (Lipinski definition) is 1. The number of aromatic nitrogens is 2. The number of halogens is 1. The summed E-state index contributed by atoms with van der Waals surface area (Å²) < 4.78 is 23.4. The number of carbonyl (C=O) groups is 2. The number of ether oxygens (including phenoxy) is 4. The van der Waals surface area contributed by atoms with E-state index in [9.17, 15) is 19.2 Å². The van der Waals surface area contributed by atoms with Gasteiger partial charge in [0, 0.05) is 11.9 Å². The first-order valence-electron chi connectivity index (χ1n) is 16.1. The van der Waals surface area contributed by atoms with Gasteiger partial charge in [-0.25, -0.2) is 9.59 Å². The highest BCUT2D eigenvalue weighted by atomic mass is 79.9. The first-order valence-corrected chi connectivity index (χ1v) is 19.0. The molecule has 0 saturated carbocycles. The minimum Gasteiger partial charge on any atom is -0.490 e. The summed E-state index contributed by atoms with van der Waals surface area (Å²) in [6.45, 7) is 4.45. The highest BCUT2D eigenvalue weighted by molar-refractivity contribution is 9.09. The number of alkyl halides is 1. The molecule has 13 heteroatoms. The van der Waals surface area contributed by atoms with Crippen LogP contribution in [0.1, 0.15) is 45.7 Å². The standard InChI is InChI=1S/C19H19NO4S.C11H11NO4S.C8H9Br/c1-3-24-19(22)15-16(23-2)18(21)20(14-10-12-25-17(14)15)11-9-13-7-5-4-6-8-13;1-3-16-11(14)7-8(15-2)10(13)12-6-4-5-17-9(6)7;9-7-6-8-4-2-1-3-5-8/h4-8,10,12H,3,9,11H2,1-2H3;4-5H,3H2,1-2H3,(H,12,13);1-5H,6-7H2. The van der Waals surface area contributed by atoms with Gasteiger partial charge in [0.2, 0.25) is 5.75 Å². The van der Waals surface area contributed by atoms with Crippen LogP contribution in [-0.2, 0) is 28.9 Å². The summed E-state index contributed by atoms with van der Waals surface area (Å²) in [6, 6.07) is 24.0. The van der Waals surface area contributed by atoms with E-state index in [0.717, 1.165) is 22.8 Å². The lowest BCUT2D eigenvalue weighted by Gasteiger charge is -2.14. The van der Waals surface area contributed by atoms with Gasteiger partial charge < -0.3 is 28.5 Å². The van der Waals surface area contributed by atoms with E-state index in [4.69, 9.17) is 18.9 Å². The zero-order valence-corrected chi connectivity index (χ0v) is 32.0. The highest BCUT2D eigenvalue weighted by Crippen LogP contribution is 2.31. The van der Waals surface area contributed by atoms with Crippen molar-refractivity contribution in [3.8, 4) is 11.5 Å². The molecule has 0 spiro atoms. The molecule has 1 N–H and O–H groups in total. The maximum atomic E-state index is 12.9. The molecule has 0 bridgehead atoms. The van der Waals surface area contributed by atoms with Crippen LogP contribution in [0.2, 0.25) is 0 Å². The molecule has 268 valence electrons. The number of benzene rings is 2. The number of rotatable bonds is 11. The van der Waals surface area contributed by atoms with Crippen molar-refractivity contribution in [2.75, 3.05) is 32.8 Å². The van der Waals surface area contributed by atoms with Crippen LogP contribution < -0.4 is 20.6 Å². The van der Waals surface area contributed by atoms with Gasteiger partial charge in [0.15, 0.2) is 5.75 Å². The predicted octanol–water partition coefficient (Wildman–Crippen LogP) is 7.89. The minimum atomic E-state index is -0.539. The number of aromatic amines is 1. The molecular weight excluding hydrogens is 756 g/mol. The van der Waals surface area contributed by atoms with Crippen molar-refractivity contribution in [1.29, 1.82) is 0 Å². The number of nitrogens with one attached hydrogen (secondary N) is 1. The van der Waals surface area contributed by atoms with Crippen LogP contribution in [0.5, 0.6) is 11.5 Å². The van der Waals surface area contributed by atoms with Crippen LogP contribution in [-0.4, -0.2) is 54.3 Å². The zero-order valence-electron chi connectivity index (χ0n) is 28.7. The van der Waals surface area contributed by atoms with Gasteiger partial charge in [-0.1, -0.05) is 76.6 Å². The van der Waals surface area contributed by atoms with Crippen molar-refractivity contribution in [3.05, 3.63) is 127 Å². The van der Waals surface area contributed by atoms with E-state index < -0.39 is 17.5 Å². The first kappa shape index (κ1) is 39.1. The second kappa shape index (κ2) is 19.6. The van der Waals surface area contributed by atoms with Crippen molar-refractivity contribution in [1.82, 2.24) is 9.55 Å². The summed E-state index contributed by atoms with van der Waals surface area (Å²) >= 11 is 6.14. The fraction of sp³-hybridized carbons (Fsp3) is 0.263. The molecule has 2 aromatic carbocycles. The van der Waals surface area contributed by atoms with Gasteiger partial charge in [0.1, 0.15) is 11.1 Å². The summed E-state index contributed by atoms with van der Waals surface area (Å²) in [6.07, 6.45) is 1.84. The normalized spacial score (nSPS) is 10.5. The number of hydrogen-bond acceptors (Lipinski definition) is 10. The van der Waals surface area contributed by atoms with E-state index in [1.807, 2.05) is 47.8 Å². The van der Waals surface area contributed by atoms with Gasteiger partial charge >= 0.3 is 11.9 Å². The molecule has 4 heterocycles. The Balaban J connectivity index is 0.000000192. The number of aryl methyl sites for hydroxylation is 3. The van der Waals surface area contributed by atoms with E-state index >= 15 is 0 Å². The molecule has 0 fully saturated rings. The van der Waals surface area contributed by atoms with E-state index in [0.29, 0.717) is 27.9 Å². The van der Waals surface area contributed by atoms with Gasteiger partial charge in [-0.05, 0) is 60.7 Å². The summed E-state index contributed by atoms with van der Waals surface area (Å²) in [5.74, 6) is -1.03. The number of nitrogens with zero attached hydrogens (tertiary/aromatic N) is 1. The third-order valence-electron chi connectivity index (χ3n) is 7.46. The molecule has 0 saturated heterocycles. The quantitative estimate of drug-likeness (QED) is 0.104. The van der Waals surface area contributed by atoms with Gasteiger partial charge in [-0.2, -0.15) is 0 Å². The molecule has 6 rings (SSSR count). The number of methoxy groups -OCH3 is 2. The molecule has 0 aliphatic rings. The van der Waals surface area contributed by atoms with Gasteiger partial charge in [0.25, 0.3) is 11.1 Å². The minimum absolute atomic E-state index is 0.00148. The number of H-pyrrole nitrogens is 1. The number of esters is 2. The number of thiophene rings is 2. The summed E-state index contributed by atoms with van der Waals surface area (Å²) in [7, 11) is 2.76. The topological polar surface area (TPSA) is 126 Å². The van der Waals surface area contributed by atoms with Crippen LogP contribution in [0, 0.1) is 0 Å². The van der Waals surface area contributed by atoms with E-state index in [1.54, 1.807) is 29.9 Å². The van der Waals surface area contributed by atoms with Crippen LogP contribution in [0.25, 0.3) is 20.4 Å². The molecule has 0 unspecified atom stereocenters. The van der Waals surface area contributed by atoms with Crippen molar-refractivity contribution < 1.29 is 28.5 Å². The Labute approximate surface area is 311 Å². The maximum Gasteiger partial charge on any atom is 0.343 e. The SMILES string of the molecule is BrCCc1ccccc1.CCOC(=O)c1c(OC)c(=O)[nH]c2ccsc12.CCOC(=O)c1c(OC)c(=O)n(CCc2ccccc2)c2ccsc12. The average Bonchev–Trinajstić information content (AvgIpc) is 3.82. The lowest BCUT2D eigenvalue weighted by molar-refractivity contribution is 0.0515. The molecule has 0 aliphatic heterocycles. The van der Waals surface area contributed by atoms with Gasteiger partial charge in [-0.15, -0.1) is 22.7 Å². The molecule has 10 nitrogen and oxygen atoms in total. The third kappa shape index (κ3) is 9.75. The summed E-state index contributed by atoms with van der Waals surface area (Å²) in [4.78, 5) is 51.4. The Morgan fingerprint density at radius 3 is 1.80 bits per heavy atom. The largest absolute Gasteiger partial charge is 0.490 e. The fourth-order valence-corrected chi connectivity index (χ4v) is 7.43. The Morgan fingerprint density at radius 2 is 1.25 bits per heavy atom. The lowest BCUT2D eigenvalue weighted by Crippen LogP contribution is -2.25. The van der Waals surface area contributed by atoms with E-state index in [-0.39, 0.29) is 41.4 Å². The van der Waals surface area contributed by atoms with Crippen molar-refractivity contribution >= 4 is 71.0 Å². The number of fused-ring (bicyclic) bond motifs is 2. The van der Waals surface area contributed by atoms with Crippen molar-refractivity contribution in [2.24, 2.45) is 0 Å². The average molecular weight is 796 g/mol. The molecule has 0 radical (unpaired) electrons. The second-order valence-electron chi connectivity index (χ2n) is 10.6. The first-order chi connectivity index (χ1) is 24.8.